The van der Waals surface area contributed by atoms with Crippen LogP contribution in [-0.2, 0) is 15.8 Å². The summed E-state index contributed by atoms with van der Waals surface area (Å²) in [5.41, 5.74) is 1.50. The van der Waals surface area contributed by atoms with Crippen LogP contribution in [0.5, 0.6) is 0 Å². The molecule has 2 aromatic carbocycles. The van der Waals surface area contributed by atoms with E-state index >= 15 is 0 Å². The van der Waals surface area contributed by atoms with Crippen molar-refractivity contribution >= 4 is 32.7 Å². The minimum atomic E-state index is -3.44. The minimum absolute atomic E-state index is 0.132. The first-order valence-corrected chi connectivity index (χ1v) is 13.3. The third kappa shape index (κ3) is 6.42. The van der Waals surface area contributed by atoms with Gasteiger partial charge in [-0.2, -0.15) is 4.98 Å². The molecule has 2 N–H and O–H groups in total. The van der Waals surface area contributed by atoms with Gasteiger partial charge in [-0.15, -0.1) is 0 Å². The van der Waals surface area contributed by atoms with Gasteiger partial charge in [-0.1, -0.05) is 24.3 Å². The van der Waals surface area contributed by atoms with Gasteiger partial charge < -0.3 is 10.2 Å². The molecule has 0 saturated heterocycles. The van der Waals surface area contributed by atoms with Crippen molar-refractivity contribution in [2.24, 2.45) is 11.8 Å². The molecular weight excluding hydrogens is 453 g/mol. The lowest BCUT2D eigenvalue weighted by molar-refractivity contribution is 0.284. The molecule has 0 amide bonds. The first-order chi connectivity index (χ1) is 16.3. The monoisotopic (exact) mass is 485 g/mol. The summed E-state index contributed by atoms with van der Waals surface area (Å²) >= 11 is 0. The third-order valence-corrected chi connectivity index (χ3v) is 7.70. The summed E-state index contributed by atoms with van der Waals surface area (Å²) in [6, 6.07) is 13.6. The molecule has 1 saturated carbocycles. The zero-order chi connectivity index (χ0) is 24.1. The van der Waals surface area contributed by atoms with E-state index in [1.165, 1.54) is 24.3 Å². The van der Waals surface area contributed by atoms with Crippen LogP contribution < -0.4 is 14.9 Å². The Morgan fingerprint density at radius 2 is 1.59 bits per heavy atom. The number of benzene rings is 2. The molecule has 3 aromatic rings. The van der Waals surface area contributed by atoms with Crippen LogP contribution in [0.3, 0.4) is 0 Å². The highest BCUT2D eigenvalue weighted by atomic mass is 32.2. The zero-order valence-electron chi connectivity index (χ0n) is 19.7. The van der Waals surface area contributed by atoms with Crippen LogP contribution in [0.4, 0.5) is 16.2 Å². The van der Waals surface area contributed by atoms with E-state index in [1.54, 1.807) is 0 Å². The summed E-state index contributed by atoms with van der Waals surface area (Å²) in [6.45, 7) is 1.25. The smallest absolute Gasteiger partial charge is 0.225 e. The summed E-state index contributed by atoms with van der Waals surface area (Å²) < 4.78 is 40.5. The van der Waals surface area contributed by atoms with Gasteiger partial charge in [0, 0.05) is 32.6 Å². The van der Waals surface area contributed by atoms with Crippen molar-refractivity contribution in [2.45, 2.75) is 31.4 Å². The average Bonchev–Trinajstić information content (AvgIpc) is 2.83. The second-order valence-corrected chi connectivity index (χ2v) is 11.1. The molecule has 1 aliphatic carbocycles. The number of para-hydroxylation sites is 1. The number of nitrogens with zero attached hydrogens (tertiary/aromatic N) is 3. The molecule has 0 radical (unpaired) electrons. The fourth-order valence-corrected chi connectivity index (χ4v) is 5.67. The van der Waals surface area contributed by atoms with Gasteiger partial charge in [0.05, 0.1) is 11.3 Å². The van der Waals surface area contributed by atoms with E-state index in [0.717, 1.165) is 48.9 Å². The van der Waals surface area contributed by atoms with Crippen molar-refractivity contribution in [2.75, 3.05) is 37.4 Å². The molecule has 0 unspecified atom stereocenters. The van der Waals surface area contributed by atoms with Gasteiger partial charge in [0.1, 0.15) is 11.6 Å². The highest BCUT2D eigenvalue weighted by molar-refractivity contribution is 7.88. The molecule has 1 heterocycles. The molecule has 9 heteroatoms. The second-order valence-electron chi connectivity index (χ2n) is 9.28. The molecule has 1 aliphatic rings. The van der Waals surface area contributed by atoms with Gasteiger partial charge in [-0.05, 0) is 67.3 Å². The van der Waals surface area contributed by atoms with Crippen LogP contribution in [0.2, 0.25) is 0 Å². The lowest BCUT2D eigenvalue weighted by atomic mass is 9.82. The molecule has 0 aliphatic heterocycles. The number of halogens is 1. The number of fused-ring (bicyclic) bond motifs is 1. The van der Waals surface area contributed by atoms with Crippen LogP contribution in [0.25, 0.3) is 10.9 Å². The van der Waals surface area contributed by atoms with E-state index in [2.05, 4.69) is 15.0 Å². The third-order valence-electron chi connectivity index (χ3n) is 6.38. The second kappa shape index (κ2) is 10.7. The fourth-order valence-electron chi connectivity index (χ4n) is 4.45. The lowest BCUT2D eigenvalue weighted by Gasteiger charge is -2.28. The van der Waals surface area contributed by atoms with Crippen molar-refractivity contribution in [3.8, 4) is 0 Å². The molecule has 0 spiro atoms. The summed E-state index contributed by atoms with van der Waals surface area (Å²) in [6.07, 6.45) is 4.02. The molecule has 1 aromatic heterocycles. The van der Waals surface area contributed by atoms with Crippen LogP contribution in [0.1, 0.15) is 31.2 Å². The predicted molar refractivity (Wildman–Crippen MR) is 135 cm³/mol. The molecule has 1 fully saturated rings. The quantitative estimate of drug-likeness (QED) is 0.473. The van der Waals surface area contributed by atoms with Gasteiger partial charge in [0.25, 0.3) is 0 Å². The van der Waals surface area contributed by atoms with E-state index in [1.807, 2.05) is 43.3 Å². The van der Waals surface area contributed by atoms with Crippen molar-refractivity contribution in [1.82, 2.24) is 14.7 Å². The summed E-state index contributed by atoms with van der Waals surface area (Å²) in [5.74, 6) is 1.86. The molecule has 0 atom stereocenters. The van der Waals surface area contributed by atoms with Crippen molar-refractivity contribution in [3.63, 3.8) is 0 Å². The Morgan fingerprint density at radius 3 is 2.26 bits per heavy atom. The molecule has 7 nitrogen and oxygen atoms in total. The normalized spacial score (nSPS) is 18.7. The number of hydrogen-bond donors (Lipinski definition) is 2. The largest absolute Gasteiger partial charge is 0.362 e. The number of hydrogen-bond acceptors (Lipinski definition) is 6. The van der Waals surface area contributed by atoms with Crippen LogP contribution in [0, 0.1) is 17.7 Å². The highest BCUT2D eigenvalue weighted by Crippen LogP contribution is 2.29. The van der Waals surface area contributed by atoms with Gasteiger partial charge in [-0.25, -0.2) is 22.5 Å². The van der Waals surface area contributed by atoms with E-state index in [9.17, 15) is 12.8 Å². The van der Waals surface area contributed by atoms with Crippen LogP contribution in [0.15, 0.2) is 48.5 Å². The van der Waals surface area contributed by atoms with Crippen molar-refractivity contribution < 1.29 is 12.8 Å². The first-order valence-electron chi connectivity index (χ1n) is 11.7. The molecule has 182 valence electrons. The number of aromatic nitrogens is 2. The number of rotatable bonds is 9. The first kappa shape index (κ1) is 24.3. The SMILES string of the molecule is CN(C)c1nc(NCC2CCC(CNS(=O)(=O)Cc3ccc(F)cc3)CC2)nc2ccccc12. The maximum atomic E-state index is 13.0. The molecule has 34 heavy (non-hydrogen) atoms. The van der Waals surface area contributed by atoms with Gasteiger partial charge in [-0.3, -0.25) is 0 Å². The number of nitrogens with one attached hydrogen (secondary N) is 2. The van der Waals surface area contributed by atoms with Gasteiger partial charge in [0.15, 0.2) is 0 Å². The Labute approximate surface area is 200 Å². The standard InChI is InChI=1S/C25H32FN5O2S/c1-31(2)24-22-5-3-4-6-23(22)29-25(30-24)27-15-18-7-9-19(10-8-18)16-28-34(32,33)17-20-11-13-21(26)14-12-20/h3-6,11-14,18-19,28H,7-10,15-17H2,1-2H3,(H,27,29,30). The Balaban J connectivity index is 1.25. The van der Waals surface area contributed by atoms with Crippen LogP contribution in [-0.4, -0.2) is 45.6 Å². The van der Waals surface area contributed by atoms with Crippen molar-refractivity contribution in [1.29, 1.82) is 0 Å². The lowest BCUT2D eigenvalue weighted by Crippen LogP contribution is -2.33. The van der Waals surface area contributed by atoms with E-state index < -0.39 is 10.0 Å². The average molecular weight is 486 g/mol. The maximum absolute atomic E-state index is 13.0. The summed E-state index contributed by atoms with van der Waals surface area (Å²) in [7, 11) is 0.519. The predicted octanol–water partition coefficient (Wildman–Crippen LogP) is 4.17. The highest BCUT2D eigenvalue weighted by Gasteiger charge is 2.23. The molecular formula is C25H32FN5O2S. The van der Waals surface area contributed by atoms with Crippen LogP contribution >= 0.6 is 0 Å². The number of sulfonamides is 1. The topological polar surface area (TPSA) is 87.2 Å². The maximum Gasteiger partial charge on any atom is 0.225 e. The van der Waals surface area contributed by atoms with Gasteiger partial charge >= 0.3 is 0 Å². The number of anilines is 2. The summed E-state index contributed by atoms with van der Waals surface area (Å²) in [5, 5.41) is 4.45. The van der Waals surface area contributed by atoms with E-state index in [-0.39, 0.29) is 11.6 Å². The van der Waals surface area contributed by atoms with Gasteiger partial charge in [0.2, 0.25) is 16.0 Å². The van der Waals surface area contributed by atoms with Crippen molar-refractivity contribution in [3.05, 3.63) is 59.9 Å². The minimum Gasteiger partial charge on any atom is -0.362 e. The van der Waals surface area contributed by atoms with E-state index in [0.29, 0.717) is 29.9 Å². The fraction of sp³-hybridized carbons (Fsp3) is 0.440. The molecule has 4 rings (SSSR count). The van der Waals surface area contributed by atoms with E-state index in [4.69, 9.17) is 4.98 Å². The molecule has 0 bridgehead atoms. The zero-order valence-corrected chi connectivity index (χ0v) is 20.5. The summed E-state index contributed by atoms with van der Waals surface area (Å²) in [4.78, 5) is 11.4. The Hall–Kier alpha value is -2.78. The Kier molecular flexibility index (Phi) is 7.63. The Bertz CT molecular complexity index is 1210. The Morgan fingerprint density at radius 1 is 0.941 bits per heavy atom.